The van der Waals surface area contributed by atoms with E-state index in [4.69, 9.17) is 17.5 Å². The van der Waals surface area contributed by atoms with Crippen LogP contribution in [0.15, 0.2) is 91.4 Å². The summed E-state index contributed by atoms with van der Waals surface area (Å²) >= 11 is 5.73. The summed E-state index contributed by atoms with van der Waals surface area (Å²) in [5.74, 6) is -0.239. The third-order valence-electron chi connectivity index (χ3n) is 7.67. The van der Waals surface area contributed by atoms with Crippen LogP contribution in [0.1, 0.15) is 48.2 Å². The standard InChI is InChI=1S/C34H35F3N6OS/c1-3-24(2)31(41-32(44)17-29-19-39-23-43(29)20-26-15-13-25(18-38)14-16-26)22-42(33(45)40-28-10-5-4-6-11-28)21-27-9-7-8-12-30(27)34(35,36)37/h4-16,19,23-24,31H,3,17,20-22H2,1-2H3,(H,40,45)(H,41,44)/t24-,31+/m0/s1. The maximum atomic E-state index is 13.9. The van der Waals surface area contributed by atoms with Gasteiger partial charge in [-0.1, -0.05) is 68.8 Å². The predicted molar refractivity (Wildman–Crippen MR) is 172 cm³/mol. The number of alkyl halides is 3. The fourth-order valence-corrected chi connectivity index (χ4v) is 5.17. The number of benzene rings is 3. The maximum Gasteiger partial charge on any atom is 0.416 e. The van der Waals surface area contributed by atoms with E-state index in [-0.39, 0.29) is 42.0 Å². The summed E-state index contributed by atoms with van der Waals surface area (Å²) in [6.45, 7) is 4.56. The molecule has 0 saturated heterocycles. The summed E-state index contributed by atoms with van der Waals surface area (Å²) in [4.78, 5) is 19.3. The molecular weight excluding hydrogens is 597 g/mol. The van der Waals surface area contributed by atoms with Crippen LogP contribution in [0.25, 0.3) is 0 Å². The fraction of sp³-hybridized carbons (Fsp3) is 0.294. The molecule has 2 atom stereocenters. The van der Waals surface area contributed by atoms with Crippen LogP contribution >= 0.6 is 12.2 Å². The van der Waals surface area contributed by atoms with Crippen molar-refractivity contribution < 1.29 is 18.0 Å². The van der Waals surface area contributed by atoms with E-state index in [0.717, 1.165) is 18.1 Å². The molecule has 0 bridgehead atoms. The number of nitrogens with one attached hydrogen (secondary N) is 2. The molecule has 0 fully saturated rings. The first-order chi connectivity index (χ1) is 21.6. The molecule has 3 aromatic carbocycles. The fourth-order valence-electron chi connectivity index (χ4n) is 4.91. The van der Waals surface area contributed by atoms with Crippen LogP contribution in [0.4, 0.5) is 18.9 Å². The van der Waals surface area contributed by atoms with Crippen molar-refractivity contribution in [2.24, 2.45) is 5.92 Å². The van der Waals surface area contributed by atoms with E-state index in [1.807, 2.05) is 60.9 Å². The molecule has 0 radical (unpaired) electrons. The predicted octanol–water partition coefficient (Wildman–Crippen LogP) is 6.79. The molecule has 0 saturated carbocycles. The van der Waals surface area contributed by atoms with E-state index in [1.54, 1.807) is 35.6 Å². The molecule has 4 rings (SSSR count). The van der Waals surface area contributed by atoms with Crippen LogP contribution in [0, 0.1) is 17.2 Å². The Kier molecular flexibility index (Phi) is 11.3. The Balaban J connectivity index is 1.53. The number of rotatable bonds is 12. The quantitative estimate of drug-likeness (QED) is 0.167. The minimum absolute atomic E-state index is 0.00241. The number of halogens is 3. The Bertz CT molecular complexity index is 1620. The number of para-hydroxylation sites is 1. The van der Waals surface area contributed by atoms with Crippen LogP contribution in [0.3, 0.4) is 0 Å². The number of carbonyl (C=O) groups is 1. The number of nitriles is 1. The molecule has 1 amide bonds. The Morgan fingerprint density at radius 1 is 1.07 bits per heavy atom. The number of nitrogens with zero attached hydrogens (tertiary/aromatic N) is 4. The summed E-state index contributed by atoms with van der Waals surface area (Å²) < 4.78 is 43.6. The van der Waals surface area contributed by atoms with Gasteiger partial charge in [-0.3, -0.25) is 4.79 Å². The molecular formula is C34H35F3N6OS. The minimum Gasteiger partial charge on any atom is -0.351 e. The van der Waals surface area contributed by atoms with Crippen molar-refractivity contribution >= 4 is 28.9 Å². The van der Waals surface area contributed by atoms with E-state index in [1.165, 1.54) is 12.1 Å². The van der Waals surface area contributed by atoms with Gasteiger partial charge in [-0.05, 0) is 59.6 Å². The highest BCUT2D eigenvalue weighted by atomic mass is 32.1. The van der Waals surface area contributed by atoms with Gasteiger partial charge in [0.25, 0.3) is 0 Å². The lowest BCUT2D eigenvalue weighted by Crippen LogP contribution is -2.50. The monoisotopic (exact) mass is 632 g/mol. The Morgan fingerprint density at radius 2 is 1.76 bits per heavy atom. The largest absolute Gasteiger partial charge is 0.416 e. The lowest BCUT2D eigenvalue weighted by molar-refractivity contribution is -0.138. The van der Waals surface area contributed by atoms with Crippen molar-refractivity contribution in [3.63, 3.8) is 0 Å². The van der Waals surface area contributed by atoms with Crippen LogP contribution in [-0.2, 0) is 30.5 Å². The summed E-state index contributed by atoms with van der Waals surface area (Å²) in [6.07, 6.45) is -0.441. The van der Waals surface area contributed by atoms with Crippen molar-refractivity contribution in [1.29, 1.82) is 5.26 Å². The van der Waals surface area contributed by atoms with Gasteiger partial charge in [0.15, 0.2) is 5.11 Å². The van der Waals surface area contributed by atoms with Gasteiger partial charge < -0.3 is 20.1 Å². The van der Waals surface area contributed by atoms with Gasteiger partial charge in [-0.25, -0.2) is 4.98 Å². The minimum atomic E-state index is -4.53. The molecule has 0 aliphatic heterocycles. The van der Waals surface area contributed by atoms with Gasteiger partial charge in [-0.15, -0.1) is 0 Å². The number of imidazole rings is 1. The van der Waals surface area contributed by atoms with E-state index in [0.29, 0.717) is 23.5 Å². The third-order valence-corrected chi connectivity index (χ3v) is 8.03. The van der Waals surface area contributed by atoms with Crippen LogP contribution in [-0.4, -0.2) is 38.1 Å². The van der Waals surface area contributed by atoms with E-state index >= 15 is 0 Å². The van der Waals surface area contributed by atoms with Crippen LogP contribution < -0.4 is 10.6 Å². The molecule has 11 heteroatoms. The number of carbonyl (C=O) groups excluding carboxylic acids is 1. The normalized spacial score (nSPS) is 12.5. The lowest BCUT2D eigenvalue weighted by Gasteiger charge is -2.34. The molecule has 1 heterocycles. The van der Waals surface area contributed by atoms with Crippen molar-refractivity contribution in [1.82, 2.24) is 19.8 Å². The second kappa shape index (κ2) is 15.3. The SMILES string of the molecule is CC[C@H](C)[C@@H](CN(Cc1ccccc1C(F)(F)F)C(=S)Nc1ccccc1)NC(=O)Cc1cncn1Cc1ccc(C#N)cc1. The molecule has 0 aliphatic carbocycles. The Morgan fingerprint density at radius 3 is 2.42 bits per heavy atom. The van der Waals surface area contributed by atoms with Crippen molar-refractivity contribution in [3.05, 3.63) is 119 Å². The van der Waals surface area contributed by atoms with Crippen molar-refractivity contribution in [3.8, 4) is 6.07 Å². The van der Waals surface area contributed by atoms with E-state index in [2.05, 4.69) is 21.7 Å². The molecule has 1 aromatic heterocycles. The van der Waals surface area contributed by atoms with Gasteiger partial charge in [-0.2, -0.15) is 18.4 Å². The number of aromatic nitrogens is 2. The van der Waals surface area contributed by atoms with E-state index in [9.17, 15) is 18.0 Å². The number of thiocarbonyl (C=S) groups is 1. The molecule has 0 unspecified atom stereocenters. The Hall–Kier alpha value is -4.69. The zero-order valence-corrected chi connectivity index (χ0v) is 25.9. The van der Waals surface area contributed by atoms with Crippen molar-refractivity contribution in [2.45, 2.75) is 52.0 Å². The average Bonchev–Trinajstić information content (AvgIpc) is 3.46. The third kappa shape index (κ3) is 9.40. The second-order valence-electron chi connectivity index (χ2n) is 10.9. The van der Waals surface area contributed by atoms with Gasteiger partial charge >= 0.3 is 6.18 Å². The van der Waals surface area contributed by atoms with Gasteiger partial charge in [0.2, 0.25) is 5.91 Å². The first kappa shape index (κ1) is 33.2. The first-order valence-electron chi connectivity index (χ1n) is 14.6. The zero-order valence-electron chi connectivity index (χ0n) is 25.1. The molecule has 2 N–H and O–H groups in total. The topological polar surface area (TPSA) is 86.0 Å². The number of amides is 1. The summed E-state index contributed by atoms with van der Waals surface area (Å²) in [7, 11) is 0. The summed E-state index contributed by atoms with van der Waals surface area (Å²) in [5, 5.41) is 15.6. The molecule has 0 spiro atoms. The molecule has 45 heavy (non-hydrogen) atoms. The average molecular weight is 633 g/mol. The van der Waals surface area contributed by atoms with Gasteiger partial charge in [0.1, 0.15) is 0 Å². The number of anilines is 1. The molecule has 0 aliphatic rings. The summed E-state index contributed by atoms with van der Waals surface area (Å²) in [5.41, 5.74) is 2.29. The summed E-state index contributed by atoms with van der Waals surface area (Å²) in [6, 6.07) is 23.5. The van der Waals surface area contributed by atoms with E-state index < -0.39 is 17.8 Å². The highest BCUT2D eigenvalue weighted by molar-refractivity contribution is 7.80. The van der Waals surface area contributed by atoms with Crippen LogP contribution in [0.5, 0.6) is 0 Å². The first-order valence-corrected chi connectivity index (χ1v) is 15.0. The Labute approximate surface area is 266 Å². The highest BCUT2D eigenvalue weighted by Gasteiger charge is 2.34. The number of hydrogen-bond donors (Lipinski definition) is 2. The maximum absolute atomic E-state index is 13.9. The molecule has 4 aromatic rings. The van der Waals surface area contributed by atoms with Gasteiger partial charge in [0, 0.05) is 43.3 Å². The second-order valence-corrected chi connectivity index (χ2v) is 11.3. The van der Waals surface area contributed by atoms with Crippen molar-refractivity contribution in [2.75, 3.05) is 11.9 Å². The number of hydrogen-bond acceptors (Lipinski definition) is 4. The highest BCUT2D eigenvalue weighted by Crippen LogP contribution is 2.32. The van der Waals surface area contributed by atoms with Gasteiger partial charge in [0.05, 0.1) is 29.9 Å². The molecule has 7 nitrogen and oxygen atoms in total. The smallest absolute Gasteiger partial charge is 0.351 e. The zero-order chi connectivity index (χ0) is 32.4. The molecule has 234 valence electrons. The van der Waals surface area contributed by atoms with Crippen LogP contribution in [0.2, 0.25) is 0 Å². The lowest BCUT2D eigenvalue weighted by atomic mass is 9.97.